The lowest BCUT2D eigenvalue weighted by Crippen LogP contribution is -2.43. The minimum absolute atomic E-state index is 0.216. The Bertz CT molecular complexity index is 882. The minimum Gasteiger partial charge on any atom is -0.385 e. The van der Waals surface area contributed by atoms with Gasteiger partial charge in [0.1, 0.15) is 0 Å². The van der Waals surface area contributed by atoms with Crippen molar-refractivity contribution in [2.75, 3.05) is 18.0 Å². The molecular weight excluding hydrogens is 382 g/mol. The van der Waals surface area contributed by atoms with Crippen molar-refractivity contribution < 1.29 is 9.90 Å². The zero-order valence-electron chi connectivity index (χ0n) is 17.2. The van der Waals surface area contributed by atoms with Gasteiger partial charge in [-0.25, -0.2) is 0 Å². The molecule has 1 aliphatic carbocycles. The highest BCUT2D eigenvalue weighted by molar-refractivity contribution is 6.30. The summed E-state index contributed by atoms with van der Waals surface area (Å²) < 4.78 is 0. The van der Waals surface area contributed by atoms with Crippen molar-refractivity contribution in [3.8, 4) is 0 Å². The van der Waals surface area contributed by atoms with Crippen molar-refractivity contribution in [1.29, 1.82) is 0 Å². The van der Waals surface area contributed by atoms with E-state index in [0.717, 1.165) is 37.1 Å². The largest absolute Gasteiger partial charge is 0.385 e. The van der Waals surface area contributed by atoms with E-state index in [9.17, 15) is 9.90 Å². The first-order valence-corrected chi connectivity index (χ1v) is 11.3. The number of halogens is 1. The quantitative estimate of drug-likeness (QED) is 0.519. The van der Waals surface area contributed by atoms with E-state index in [1.165, 1.54) is 36.1 Å². The van der Waals surface area contributed by atoms with E-state index >= 15 is 0 Å². The van der Waals surface area contributed by atoms with Crippen LogP contribution in [0.15, 0.2) is 36.4 Å². The Morgan fingerprint density at radius 2 is 1.76 bits per heavy atom. The molecule has 4 heteroatoms. The van der Waals surface area contributed by atoms with Gasteiger partial charge < -0.3 is 10.0 Å². The molecule has 0 spiro atoms. The summed E-state index contributed by atoms with van der Waals surface area (Å²) >= 11 is 6.01. The number of ketones is 1. The third kappa shape index (κ3) is 4.22. The number of rotatable bonds is 4. The number of aryl methyl sites for hydroxylation is 1. The SMILES string of the molecule is CCC(=O)c1cc2c(c(N3CCC(O)(c4ccc(Cl)cc4)CC3)c1)CCCCC2. The van der Waals surface area contributed by atoms with E-state index in [1.54, 1.807) is 0 Å². The van der Waals surface area contributed by atoms with Gasteiger partial charge >= 0.3 is 0 Å². The highest BCUT2D eigenvalue weighted by Gasteiger charge is 2.35. The predicted octanol–water partition coefficient (Wildman–Crippen LogP) is 5.69. The van der Waals surface area contributed by atoms with Crippen molar-refractivity contribution in [2.24, 2.45) is 0 Å². The van der Waals surface area contributed by atoms with Gasteiger partial charge in [-0.3, -0.25) is 4.79 Å². The molecule has 0 atom stereocenters. The zero-order valence-corrected chi connectivity index (χ0v) is 18.0. The van der Waals surface area contributed by atoms with Gasteiger partial charge in [0, 0.05) is 35.8 Å². The van der Waals surface area contributed by atoms with Crippen molar-refractivity contribution in [3.63, 3.8) is 0 Å². The third-order valence-electron chi connectivity index (χ3n) is 6.65. The van der Waals surface area contributed by atoms with Crippen LogP contribution >= 0.6 is 11.6 Å². The Balaban J connectivity index is 1.62. The Kier molecular flexibility index (Phi) is 5.98. The van der Waals surface area contributed by atoms with E-state index in [1.807, 2.05) is 31.2 Å². The average molecular weight is 412 g/mol. The maximum absolute atomic E-state index is 12.5. The van der Waals surface area contributed by atoms with E-state index in [0.29, 0.717) is 24.3 Å². The fourth-order valence-corrected chi connectivity index (χ4v) is 4.96. The molecule has 0 unspecified atom stereocenters. The molecule has 154 valence electrons. The van der Waals surface area contributed by atoms with Crippen LogP contribution in [-0.2, 0) is 18.4 Å². The Morgan fingerprint density at radius 1 is 1.07 bits per heavy atom. The number of fused-ring (bicyclic) bond motifs is 1. The van der Waals surface area contributed by atoms with E-state index < -0.39 is 5.60 Å². The number of aliphatic hydroxyl groups is 1. The molecule has 2 aromatic rings. The average Bonchev–Trinajstić information content (AvgIpc) is 2.99. The molecule has 29 heavy (non-hydrogen) atoms. The number of hydrogen-bond donors (Lipinski definition) is 1. The van der Waals surface area contributed by atoms with Crippen molar-refractivity contribution in [2.45, 2.75) is 63.9 Å². The summed E-state index contributed by atoms with van der Waals surface area (Å²) in [5, 5.41) is 11.9. The first-order chi connectivity index (χ1) is 14.0. The van der Waals surface area contributed by atoms with Crippen LogP contribution < -0.4 is 4.90 Å². The molecule has 1 N–H and O–H groups in total. The van der Waals surface area contributed by atoms with Crippen LogP contribution in [0.25, 0.3) is 0 Å². The van der Waals surface area contributed by atoms with Gasteiger partial charge in [0.25, 0.3) is 0 Å². The minimum atomic E-state index is -0.811. The van der Waals surface area contributed by atoms with Crippen LogP contribution in [0.2, 0.25) is 5.02 Å². The maximum atomic E-state index is 12.5. The molecule has 0 aromatic heterocycles. The van der Waals surface area contributed by atoms with Crippen LogP contribution in [0.1, 0.15) is 72.5 Å². The molecule has 0 amide bonds. The van der Waals surface area contributed by atoms with Crippen LogP contribution in [0.5, 0.6) is 0 Å². The number of nitrogens with zero attached hydrogens (tertiary/aromatic N) is 1. The van der Waals surface area contributed by atoms with Gasteiger partial charge in [0.15, 0.2) is 5.78 Å². The molecule has 1 heterocycles. The van der Waals surface area contributed by atoms with E-state index in [2.05, 4.69) is 17.0 Å². The first kappa shape index (κ1) is 20.4. The number of piperidine rings is 1. The standard InChI is InChI=1S/C25H30ClNO2/c1-2-24(28)19-16-18-6-4-3-5-7-22(18)23(17-19)27-14-12-25(29,13-15-27)20-8-10-21(26)11-9-20/h8-11,16-17,29H,2-7,12-15H2,1H3. The Labute approximate surface area is 178 Å². The summed E-state index contributed by atoms with van der Waals surface area (Å²) in [4.78, 5) is 14.9. The molecule has 1 saturated heterocycles. The number of carbonyl (C=O) groups is 1. The summed E-state index contributed by atoms with van der Waals surface area (Å²) in [5.74, 6) is 0.216. The topological polar surface area (TPSA) is 40.5 Å². The van der Waals surface area contributed by atoms with Gasteiger partial charge in [-0.2, -0.15) is 0 Å². The van der Waals surface area contributed by atoms with Gasteiger partial charge in [0.2, 0.25) is 0 Å². The van der Waals surface area contributed by atoms with Gasteiger partial charge in [-0.05, 0) is 79.5 Å². The van der Waals surface area contributed by atoms with Gasteiger partial charge in [0.05, 0.1) is 5.60 Å². The molecule has 1 aliphatic heterocycles. The lowest BCUT2D eigenvalue weighted by atomic mass is 9.84. The van der Waals surface area contributed by atoms with E-state index in [4.69, 9.17) is 11.6 Å². The van der Waals surface area contributed by atoms with Crippen LogP contribution in [0, 0.1) is 0 Å². The Morgan fingerprint density at radius 3 is 2.45 bits per heavy atom. The van der Waals surface area contributed by atoms with Crippen LogP contribution in [-0.4, -0.2) is 24.0 Å². The molecule has 0 saturated carbocycles. The van der Waals surface area contributed by atoms with Crippen molar-refractivity contribution in [1.82, 2.24) is 0 Å². The third-order valence-corrected chi connectivity index (χ3v) is 6.90. The number of anilines is 1. The second kappa shape index (κ2) is 8.49. The van der Waals surface area contributed by atoms with Crippen molar-refractivity contribution in [3.05, 3.63) is 63.7 Å². The second-order valence-corrected chi connectivity index (χ2v) is 8.93. The number of hydrogen-bond acceptors (Lipinski definition) is 3. The molecule has 0 radical (unpaired) electrons. The van der Waals surface area contributed by atoms with Crippen LogP contribution in [0.4, 0.5) is 5.69 Å². The smallest absolute Gasteiger partial charge is 0.162 e. The number of carbonyl (C=O) groups excluding carboxylic acids is 1. The normalized spacial score (nSPS) is 18.8. The van der Waals surface area contributed by atoms with Crippen molar-refractivity contribution >= 4 is 23.1 Å². The first-order valence-electron chi connectivity index (χ1n) is 10.9. The van der Waals surface area contributed by atoms with E-state index in [-0.39, 0.29) is 5.78 Å². The lowest BCUT2D eigenvalue weighted by Gasteiger charge is -2.40. The maximum Gasteiger partial charge on any atom is 0.162 e. The summed E-state index contributed by atoms with van der Waals surface area (Å²) in [6.07, 6.45) is 7.70. The molecule has 4 rings (SSSR count). The number of benzene rings is 2. The highest BCUT2D eigenvalue weighted by Crippen LogP contribution is 2.38. The summed E-state index contributed by atoms with van der Waals surface area (Å²) in [7, 11) is 0. The molecular formula is C25H30ClNO2. The molecule has 1 fully saturated rings. The fraction of sp³-hybridized carbons (Fsp3) is 0.480. The fourth-order valence-electron chi connectivity index (χ4n) is 4.83. The molecule has 2 aliphatic rings. The highest BCUT2D eigenvalue weighted by atomic mass is 35.5. The summed E-state index contributed by atoms with van der Waals surface area (Å²) in [6, 6.07) is 11.8. The number of Topliss-reactive ketones (excluding diaryl/α,β-unsaturated/α-hetero) is 1. The summed E-state index contributed by atoms with van der Waals surface area (Å²) in [5.41, 5.74) is 4.98. The molecule has 0 bridgehead atoms. The monoisotopic (exact) mass is 411 g/mol. The van der Waals surface area contributed by atoms with Gasteiger partial charge in [-0.1, -0.05) is 37.1 Å². The summed E-state index contributed by atoms with van der Waals surface area (Å²) in [6.45, 7) is 3.51. The second-order valence-electron chi connectivity index (χ2n) is 8.50. The zero-order chi connectivity index (χ0) is 20.4. The lowest BCUT2D eigenvalue weighted by molar-refractivity contribution is 0.0117. The van der Waals surface area contributed by atoms with Crippen LogP contribution in [0.3, 0.4) is 0 Å². The molecule has 3 nitrogen and oxygen atoms in total. The van der Waals surface area contributed by atoms with Gasteiger partial charge in [-0.15, -0.1) is 0 Å². The Hall–Kier alpha value is -1.84. The molecule has 2 aromatic carbocycles. The predicted molar refractivity (Wildman–Crippen MR) is 119 cm³/mol.